The topological polar surface area (TPSA) is 74.3 Å². The Balaban J connectivity index is 1.82. The van der Waals surface area contributed by atoms with Gasteiger partial charge in [-0.15, -0.1) is 11.3 Å². The van der Waals surface area contributed by atoms with Crippen molar-refractivity contribution in [3.05, 3.63) is 50.9 Å². The van der Waals surface area contributed by atoms with E-state index < -0.39 is 0 Å². The Morgan fingerprint density at radius 3 is 2.62 bits per heavy atom. The summed E-state index contributed by atoms with van der Waals surface area (Å²) in [6.07, 6.45) is 0.148. The van der Waals surface area contributed by atoms with Crippen molar-refractivity contribution in [2.75, 3.05) is 6.54 Å². The Bertz CT molecular complexity index is 763. The van der Waals surface area contributed by atoms with Gasteiger partial charge in [0, 0.05) is 28.7 Å². The highest BCUT2D eigenvalue weighted by molar-refractivity contribution is 7.09. The molecule has 26 heavy (non-hydrogen) atoms. The second-order valence-electron chi connectivity index (χ2n) is 6.28. The third-order valence-electron chi connectivity index (χ3n) is 3.67. The quantitative estimate of drug-likeness (QED) is 0.708. The molecule has 8 heteroatoms. The molecule has 1 aromatic heterocycles. The van der Waals surface area contributed by atoms with E-state index >= 15 is 0 Å². The van der Waals surface area contributed by atoms with Crippen LogP contribution >= 0.6 is 22.9 Å². The number of rotatable bonds is 7. The van der Waals surface area contributed by atoms with Crippen LogP contribution in [0, 0.1) is 6.92 Å². The fourth-order valence-electron chi connectivity index (χ4n) is 2.32. The van der Waals surface area contributed by atoms with E-state index in [1.807, 2.05) is 55.3 Å². The minimum atomic E-state index is -0.293. The summed E-state index contributed by atoms with van der Waals surface area (Å²) in [4.78, 5) is 30.3. The molecule has 2 rings (SSSR count). The SMILES string of the molecule is Cc1csc(CC(=O)NNC(=O)CN(Cc2cccc(Cl)c2)C(C)C)n1. The lowest BCUT2D eigenvalue weighted by molar-refractivity contribution is -0.129. The molecule has 0 aliphatic carbocycles. The number of halogens is 1. The van der Waals surface area contributed by atoms with Crippen LogP contribution in [0.15, 0.2) is 29.6 Å². The van der Waals surface area contributed by atoms with Gasteiger partial charge < -0.3 is 0 Å². The molecule has 0 bridgehead atoms. The lowest BCUT2D eigenvalue weighted by Gasteiger charge is -2.26. The summed E-state index contributed by atoms with van der Waals surface area (Å²) in [7, 11) is 0. The molecular weight excluding hydrogens is 372 g/mol. The Morgan fingerprint density at radius 1 is 1.27 bits per heavy atom. The van der Waals surface area contributed by atoms with Gasteiger partial charge >= 0.3 is 0 Å². The summed E-state index contributed by atoms with van der Waals surface area (Å²) in [5, 5.41) is 3.27. The summed E-state index contributed by atoms with van der Waals surface area (Å²) in [6, 6.07) is 7.71. The van der Waals surface area contributed by atoms with E-state index in [-0.39, 0.29) is 30.8 Å². The Labute approximate surface area is 162 Å². The normalized spacial score (nSPS) is 11.0. The van der Waals surface area contributed by atoms with Crippen molar-refractivity contribution in [1.29, 1.82) is 0 Å². The van der Waals surface area contributed by atoms with Crippen LogP contribution in [0.5, 0.6) is 0 Å². The first-order chi connectivity index (χ1) is 12.3. The number of hydrazine groups is 1. The summed E-state index contributed by atoms with van der Waals surface area (Å²) in [6.45, 7) is 6.67. The van der Waals surface area contributed by atoms with Crippen LogP contribution in [0.4, 0.5) is 0 Å². The molecule has 2 aromatic rings. The van der Waals surface area contributed by atoms with Gasteiger partial charge in [0.15, 0.2) is 0 Å². The summed E-state index contributed by atoms with van der Waals surface area (Å²) in [5.74, 6) is -0.567. The highest BCUT2D eigenvalue weighted by Gasteiger charge is 2.15. The summed E-state index contributed by atoms with van der Waals surface area (Å²) >= 11 is 7.44. The predicted octanol–water partition coefficient (Wildman–Crippen LogP) is 2.71. The van der Waals surface area contributed by atoms with Gasteiger partial charge in [-0.05, 0) is 38.5 Å². The first-order valence-corrected chi connectivity index (χ1v) is 9.56. The van der Waals surface area contributed by atoms with E-state index in [9.17, 15) is 9.59 Å². The first kappa shape index (κ1) is 20.4. The van der Waals surface area contributed by atoms with Crippen LogP contribution in [0.25, 0.3) is 0 Å². The van der Waals surface area contributed by atoms with Crippen LogP contribution < -0.4 is 10.9 Å². The van der Waals surface area contributed by atoms with Crippen LogP contribution in [-0.4, -0.2) is 34.3 Å². The minimum absolute atomic E-state index is 0.148. The molecule has 0 radical (unpaired) electrons. The maximum atomic E-state index is 12.2. The van der Waals surface area contributed by atoms with E-state index in [4.69, 9.17) is 11.6 Å². The standard InChI is InChI=1S/C18H23ClN4O2S/c1-12(2)23(9-14-5-4-6-15(19)7-14)10-17(25)22-21-16(24)8-18-20-13(3)11-26-18/h4-7,11-12H,8-10H2,1-3H3,(H,21,24)(H,22,25). The Morgan fingerprint density at radius 2 is 2.00 bits per heavy atom. The first-order valence-electron chi connectivity index (χ1n) is 8.30. The van der Waals surface area contributed by atoms with Crippen molar-refractivity contribution < 1.29 is 9.59 Å². The molecule has 2 N–H and O–H groups in total. The van der Waals surface area contributed by atoms with Gasteiger partial charge in [0.05, 0.1) is 13.0 Å². The molecule has 0 saturated heterocycles. The smallest absolute Gasteiger partial charge is 0.252 e. The maximum absolute atomic E-state index is 12.2. The molecule has 140 valence electrons. The van der Waals surface area contributed by atoms with Crippen molar-refractivity contribution in [3.8, 4) is 0 Å². The van der Waals surface area contributed by atoms with Gasteiger partial charge in [0.2, 0.25) is 5.91 Å². The second-order valence-corrected chi connectivity index (χ2v) is 7.66. The fraction of sp³-hybridized carbons (Fsp3) is 0.389. The maximum Gasteiger partial charge on any atom is 0.252 e. The fourth-order valence-corrected chi connectivity index (χ4v) is 3.30. The Kier molecular flexibility index (Phi) is 7.56. The number of thiazole rings is 1. The average Bonchev–Trinajstić information content (AvgIpc) is 2.97. The van der Waals surface area contributed by atoms with Crippen LogP contribution in [0.3, 0.4) is 0 Å². The van der Waals surface area contributed by atoms with Crippen molar-refractivity contribution in [3.63, 3.8) is 0 Å². The monoisotopic (exact) mass is 394 g/mol. The molecule has 2 amide bonds. The van der Waals surface area contributed by atoms with Crippen LogP contribution in [0.1, 0.15) is 30.1 Å². The molecule has 0 aliphatic rings. The lowest BCUT2D eigenvalue weighted by atomic mass is 10.2. The van der Waals surface area contributed by atoms with Crippen molar-refractivity contribution >= 4 is 34.8 Å². The Hall–Kier alpha value is -1.96. The number of benzene rings is 1. The number of nitrogens with one attached hydrogen (secondary N) is 2. The van der Waals surface area contributed by atoms with E-state index in [0.29, 0.717) is 11.6 Å². The third kappa shape index (κ3) is 6.74. The van der Waals surface area contributed by atoms with Gasteiger partial charge in [-0.2, -0.15) is 0 Å². The number of carbonyl (C=O) groups is 2. The van der Waals surface area contributed by atoms with Crippen molar-refractivity contribution in [2.24, 2.45) is 0 Å². The van der Waals surface area contributed by atoms with E-state index in [1.54, 1.807) is 0 Å². The second kappa shape index (κ2) is 9.66. The number of aryl methyl sites for hydroxylation is 1. The zero-order valence-electron chi connectivity index (χ0n) is 15.1. The third-order valence-corrected chi connectivity index (χ3v) is 4.87. The van der Waals surface area contributed by atoms with Gasteiger partial charge in [0.1, 0.15) is 5.01 Å². The van der Waals surface area contributed by atoms with Gasteiger partial charge in [-0.3, -0.25) is 25.3 Å². The minimum Gasteiger partial charge on any atom is -0.288 e. The summed E-state index contributed by atoms with van der Waals surface area (Å²) < 4.78 is 0. The zero-order chi connectivity index (χ0) is 19.1. The summed E-state index contributed by atoms with van der Waals surface area (Å²) in [5.41, 5.74) is 6.81. The van der Waals surface area contributed by atoms with Crippen LogP contribution in [-0.2, 0) is 22.6 Å². The molecule has 0 unspecified atom stereocenters. The predicted molar refractivity (Wildman–Crippen MR) is 104 cm³/mol. The molecule has 1 heterocycles. The van der Waals surface area contributed by atoms with Crippen LogP contribution in [0.2, 0.25) is 5.02 Å². The molecule has 0 spiro atoms. The van der Waals surface area contributed by atoms with E-state index in [1.165, 1.54) is 11.3 Å². The number of carbonyl (C=O) groups excluding carboxylic acids is 2. The molecule has 0 aliphatic heterocycles. The molecular formula is C18H23ClN4O2S. The van der Waals surface area contributed by atoms with Crippen molar-refractivity contribution in [2.45, 2.75) is 39.8 Å². The number of aromatic nitrogens is 1. The largest absolute Gasteiger partial charge is 0.288 e. The van der Waals surface area contributed by atoms with Gasteiger partial charge in [0.25, 0.3) is 5.91 Å². The van der Waals surface area contributed by atoms with Gasteiger partial charge in [-0.1, -0.05) is 23.7 Å². The van der Waals surface area contributed by atoms with Crippen molar-refractivity contribution in [1.82, 2.24) is 20.7 Å². The number of hydrogen-bond donors (Lipinski definition) is 2. The van der Waals surface area contributed by atoms with Gasteiger partial charge in [-0.25, -0.2) is 4.98 Å². The highest BCUT2D eigenvalue weighted by Crippen LogP contribution is 2.14. The highest BCUT2D eigenvalue weighted by atomic mass is 35.5. The number of hydrogen-bond acceptors (Lipinski definition) is 5. The molecule has 0 saturated carbocycles. The molecule has 0 fully saturated rings. The van der Waals surface area contributed by atoms with E-state index in [2.05, 4.69) is 15.8 Å². The lowest BCUT2D eigenvalue weighted by Crippen LogP contribution is -2.48. The molecule has 1 aromatic carbocycles. The molecule has 0 atom stereocenters. The number of nitrogens with zero attached hydrogens (tertiary/aromatic N) is 2. The molecule has 6 nitrogen and oxygen atoms in total. The average molecular weight is 395 g/mol. The number of amides is 2. The zero-order valence-corrected chi connectivity index (χ0v) is 16.7. The van der Waals surface area contributed by atoms with E-state index in [0.717, 1.165) is 16.3 Å².